The summed E-state index contributed by atoms with van der Waals surface area (Å²) in [5.74, 6) is 0.172. The molecule has 1 fully saturated rings. The summed E-state index contributed by atoms with van der Waals surface area (Å²) < 4.78 is 5.52. The Bertz CT molecular complexity index is 369. The van der Waals surface area contributed by atoms with Gasteiger partial charge in [-0.1, -0.05) is 37.3 Å². The predicted molar refractivity (Wildman–Crippen MR) is 74.4 cm³/mol. The molecule has 0 radical (unpaired) electrons. The third-order valence-electron chi connectivity index (χ3n) is 3.23. The number of carbonyl (C=O) groups is 1. The fraction of sp³-hybridized carbons (Fsp3) is 0.500. The number of benzene rings is 1. The van der Waals surface area contributed by atoms with Gasteiger partial charge in [0, 0.05) is 18.7 Å². The fourth-order valence-electron chi connectivity index (χ4n) is 2.16. The first kappa shape index (κ1) is 15.2. The van der Waals surface area contributed by atoms with E-state index in [0.717, 1.165) is 31.8 Å². The van der Waals surface area contributed by atoms with E-state index < -0.39 is 0 Å². The Labute approximate surface area is 115 Å². The van der Waals surface area contributed by atoms with Crippen molar-refractivity contribution in [1.82, 2.24) is 4.90 Å². The fourth-order valence-corrected chi connectivity index (χ4v) is 2.16. The molecule has 0 N–H and O–H groups in total. The summed E-state index contributed by atoms with van der Waals surface area (Å²) in [6.45, 7) is 6.10. The predicted octanol–water partition coefficient (Wildman–Crippen LogP) is 2.26. The molecule has 1 aliphatic heterocycles. The first-order chi connectivity index (χ1) is 8.31. The standard InChI is InChI=1S/C14H19NO2.ClH/c1-2-15-8-9-17-11-13(10-15)14(16)12-6-4-3-5-7-12;/h3-7,13H,2,8-11H2,1H3;1H. The topological polar surface area (TPSA) is 29.5 Å². The summed E-state index contributed by atoms with van der Waals surface area (Å²) in [6.07, 6.45) is 0. The molecular formula is C14H20ClNO2. The van der Waals surface area contributed by atoms with E-state index in [0.29, 0.717) is 6.61 Å². The lowest BCUT2D eigenvalue weighted by molar-refractivity contribution is 0.0782. The molecule has 1 saturated heterocycles. The van der Waals surface area contributed by atoms with Gasteiger partial charge in [-0.25, -0.2) is 0 Å². The zero-order valence-corrected chi connectivity index (χ0v) is 11.5. The highest BCUT2D eigenvalue weighted by Crippen LogP contribution is 2.13. The quantitative estimate of drug-likeness (QED) is 0.789. The van der Waals surface area contributed by atoms with Crippen LogP contribution in [0.2, 0.25) is 0 Å². The number of rotatable bonds is 3. The van der Waals surface area contributed by atoms with Crippen LogP contribution in [0.25, 0.3) is 0 Å². The zero-order chi connectivity index (χ0) is 12.1. The van der Waals surface area contributed by atoms with Crippen LogP contribution in [0.3, 0.4) is 0 Å². The maximum atomic E-state index is 12.3. The van der Waals surface area contributed by atoms with Crippen molar-refractivity contribution in [3.63, 3.8) is 0 Å². The van der Waals surface area contributed by atoms with Gasteiger partial charge in [-0.2, -0.15) is 0 Å². The average molecular weight is 270 g/mol. The van der Waals surface area contributed by atoms with Crippen molar-refractivity contribution >= 4 is 18.2 Å². The number of carbonyl (C=O) groups excluding carboxylic acids is 1. The number of nitrogens with zero attached hydrogens (tertiary/aromatic N) is 1. The minimum Gasteiger partial charge on any atom is -0.379 e. The van der Waals surface area contributed by atoms with Crippen molar-refractivity contribution in [3.8, 4) is 0 Å². The second kappa shape index (κ2) is 7.52. The molecule has 18 heavy (non-hydrogen) atoms. The molecule has 0 aromatic heterocycles. The molecule has 0 aliphatic carbocycles. The number of ether oxygens (including phenoxy) is 1. The maximum Gasteiger partial charge on any atom is 0.169 e. The number of Topliss-reactive ketones (excluding diaryl/α,β-unsaturated/α-hetero) is 1. The van der Waals surface area contributed by atoms with Gasteiger partial charge in [0.1, 0.15) is 0 Å². The molecule has 4 heteroatoms. The van der Waals surface area contributed by atoms with Crippen LogP contribution >= 0.6 is 12.4 Å². The largest absolute Gasteiger partial charge is 0.379 e. The number of ketones is 1. The van der Waals surface area contributed by atoms with Crippen molar-refractivity contribution in [2.45, 2.75) is 6.92 Å². The second-order valence-electron chi connectivity index (χ2n) is 4.40. The molecule has 3 nitrogen and oxygen atoms in total. The smallest absolute Gasteiger partial charge is 0.169 e. The van der Waals surface area contributed by atoms with Crippen LogP contribution in [0.1, 0.15) is 17.3 Å². The Morgan fingerprint density at radius 1 is 1.39 bits per heavy atom. The molecule has 1 unspecified atom stereocenters. The van der Waals surface area contributed by atoms with Gasteiger partial charge in [0.2, 0.25) is 0 Å². The van der Waals surface area contributed by atoms with Gasteiger partial charge in [-0.3, -0.25) is 4.79 Å². The van der Waals surface area contributed by atoms with Crippen molar-refractivity contribution in [3.05, 3.63) is 35.9 Å². The van der Waals surface area contributed by atoms with Gasteiger partial charge >= 0.3 is 0 Å². The van der Waals surface area contributed by atoms with E-state index in [4.69, 9.17) is 4.74 Å². The van der Waals surface area contributed by atoms with Gasteiger partial charge in [0.25, 0.3) is 0 Å². The van der Waals surface area contributed by atoms with Crippen molar-refractivity contribution in [2.75, 3.05) is 32.8 Å². The maximum absolute atomic E-state index is 12.3. The number of likely N-dealkylation sites (N-methyl/N-ethyl adjacent to an activating group) is 1. The van der Waals surface area contributed by atoms with Gasteiger partial charge < -0.3 is 9.64 Å². The Balaban J connectivity index is 0.00000162. The third kappa shape index (κ3) is 3.80. The third-order valence-corrected chi connectivity index (χ3v) is 3.23. The van der Waals surface area contributed by atoms with Gasteiger partial charge in [0.15, 0.2) is 5.78 Å². The van der Waals surface area contributed by atoms with Crippen molar-refractivity contribution in [2.24, 2.45) is 5.92 Å². The van der Waals surface area contributed by atoms with Crippen LogP contribution < -0.4 is 0 Å². The Kier molecular flexibility index (Phi) is 6.33. The molecule has 1 aromatic carbocycles. The zero-order valence-electron chi connectivity index (χ0n) is 10.7. The SMILES string of the molecule is CCN1CCOCC(C(=O)c2ccccc2)C1.Cl. The van der Waals surface area contributed by atoms with E-state index in [9.17, 15) is 4.79 Å². The van der Waals surface area contributed by atoms with Crippen LogP contribution in [0, 0.1) is 5.92 Å². The molecule has 100 valence electrons. The molecule has 0 saturated carbocycles. The van der Waals surface area contributed by atoms with Crippen LogP contribution in [-0.4, -0.2) is 43.5 Å². The number of hydrogen-bond acceptors (Lipinski definition) is 3. The van der Waals surface area contributed by atoms with Crippen molar-refractivity contribution < 1.29 is 9.53 Å². The Morgan fingerprint density at radius 2 is 2.11 bits per heavy atom. The lowest BCUT2D eigenvalue weighted by Crippen LogP contribution is -2.33. The summed E-state index contributed by atoms with van der Waals surface area (Å²) in [5, 5.41) is 0. The molecular weight excluding hydrogens is 250 g/mol. The summed E-state index contributed by atoms with van der Waals surface area (Å²) >= 11 is 0. The molecule has 1 heterocycles. The van der Waals surface area contributed by atoms with E-state index in [1.165, 1.54) is 0 Å². The van der Waals surface area contributed by atoms with E-state index in [2.05, 4.69) is 11.8 Å². The van der Waals surface area contributed by atoms with E-state index in [1.807, 2.05) is 30.3 Å². The summed E-state index contributed by atoms with van der Waals surface area (Å²) in [4.78, 5) is 14.6. The number of halogens is 1. The Hall–Kier alpha value is -0.900. The highest BCUT2D eigenvalue weighted by molar-refractivity contribution is 5.98. The molecule has 1 atom stereocenters. The molecule has 0 amide bonds. The van der Waals surface area contributed by atoms with E-state index in [1.54, 1.807) is 0 Å². The lowest BCUT2D eigenvalue weighted by atomic mass is 9.98. The molecule has 0 spiro atoms. The van der Waals surface area contributed by atoms with Crippen LogP contribution in [0.4, 0.5) is 0 Å². The summed E-state index contributed by atoms with van der Waals surface area (Å²) in [6, 6.07) is 9.50. The van der Waals surface area contributed by atoms with Crippen LogP contribution in [0.15, 0.2) is 30.3 Å². The summed E-state index contributed by atoms with van der Waals surface area (Å²) in [5.41, 5.74) is 0.791. The molecule has 1 aliphatic rings. The average Bonchev–Trinajstić information content (AvgIpc) is 2.64. The molecule has 2 rings (SSSR count). The highest BCUT2D eigenvalue weighted by Gasteiger charge is 2.24. The molecule has 1 aromatic rings. The van der Waals surface area contributed by atoms with Crippen LogP contribution in [-0.2, 0) is 4.74 Å². The van der Waals surface area contributed by atoms with E-state index >= 15 is 0 Å². The minimum absolute atomic E-state index is 0. The van der Waals surface area contributed by atoms with Crippen molar-refractivity contribution in [1.29, 1.82) is 0 Å². The van der Waals surface area contributed by atoms with Crippen LogP contribution in [0.5, 0.6) is 0 Å². The number of hydrogen-bond donors (Lipinski definition) is 0. The minimum atomic E-state index is -0.0279. The summed E-state index contributed by atoms with van der Waals surface area (Å²) in [7, 11) is 0. The van der Waals surface area contributed by atoms with E-state index in [-0.39, 0.29) is 24.1 Å². The van der Waals surface area contributed by atoms with Gasteiger partial charge in [-0.15, -0.1) is 12.4 Å². The highest BCUT2D eigenvalue weighted by atomic mass is 35.5. The normalized spacial score (nSPS) is 20.8. The second-order valence-corrected chi connectivity index (χ2v) is 4.40. The Morgan fingerprint density at radius 3 is 2.78 bits per heavy atom. The lowest BCUT2D eigenvalue weighted by Gasteiger charge is -2.20. The first-order valence-electron chi connectivity index (χ1n) is 6.20. The molecule has 0 bridgehead atoms. The van der Waals surface area contributed by atoms with Gasteiger partial charge in [-0.05, 0) is 6.54 Å². The monoisotopic (exact) mass is 269 g/mol. The van der Waals surface area contributed by atoms with Gasteiger partial charge in [0.05, 0.1) is 19.1 Å². The first-order valence-corrected chi connectivity index (χ1v) is 6.20.